The van der Waals surface area contributed by atoms with Crippen molar-refractivity contribution in [2.24, 2.45) is 0 Å². The highest BCUT2D eigenvalue weighted by atomic mass is 16.5. The standard InChI is InChI=1S/C19H25N3O3/c1-22(2)12-11-20-15-6-8-16(9-7-15)21-19(23)14-5-10-17(24-3)18(13-14)25-4/h5-10,13,20H,11-12H2,1-4H3,(H,21,23). The Labute approximate surface area is 148 Å². The molecule has 0 radical (unpaired) electrons. The van der Waals surface area contributed by atoms with Gasteiger partial charge < -0.3 is 25.0 Å². The SMILES string of the molecule is COc1ccc(C(=O)Nc2ccc(NCCN(C)C)cc2)cc1OC. The number of amides is 1. The number of likely N-dealkylation sites (N-methyl/N-ethyl adjacent to an activating group) is 1. The molecule has 0 unspecified atom stereocenters. The lowest BCUT2D eigenvalue weighted by Crippen LogP contribution is -2.20. The van der Waals surface area contributed by atoms with Gasteiger partial charge in [0.05, 0.1) is 14.2 Å². The van der Waals surface area contributed by atoms with Crippen LogP contribution < -0.4 is 20.1 Å². The molecule has 1 amide bonds. The number of methoxy groups -OCH3 is 2. The van der Waals surface area contributed by atoms with Crippen LogP contribution in [0, 0.1) is 0 Å². The van der Waals surface area contributed by atoms with Crippen LogP contribution >= 0.6 is 0 Å². The van der Waals surface area contributed by atoms with E-state index in [9.17, 15) is 4.79 Å². The summed E-state index contributed by atoms with van der Waals surface area (Å²) in [7, 11) is 7.18. The molecule has 2 rings (SSSR count). The van der Waals surface area contributed by atoms with Gasteiger partial charge in [0, 0.05) is 30.0 Å². The minimum absolute atomic E-state index is 0.200. The van der Waals surface area contributed by atoms with Gasteiger partial charge in [0.25, 0.3) is 5.91 Å². The van der Waals surface area contributed by atoms with Crippen LogP contribution in [0.15, 0.2) is 42.5 Å². The maximum atomic E-state index is 12.4. The highest BCUT2D eigenvalue weighted by molar-refractivity contribution is 6.04. The van der Waals surface area contributed by atoms with Crippen LogP contribution in [-0.2, 0) is 0 Å². The van der Waals surface area contributed by atoms with Crippen molar-refractivity contribution in [3.05, 3.63) is 48.0 Å². The molecule has 2 aromatic carbocycles. The lowest BCUT2D eigenvalue weighted by molar-refractivity contribution is 0.102. The summed E-state index contributed by atoms with van der Waals surface area (Å²) in [4.78, 5) is 14.5. The molecule has 0 bridgehead atoms. The van der Waals surface area contributed by atoms with Crippen LogP contribution in [0.3, 0.4) is 0 Å². The Hall–Kier alpha value is -2.73. The first-order valence-corrected chi connectivity index (χ1v) is 8.05. The molecule has 6 heteroatoms. The Morgan fingerprint density at radius 3 is 2.20 bits per heavy atom. The molecule has 2 aromatic rings. The third-order valence-corrected chi connectivity index (χ3v) is 3.68. The molecule has 6 nitrogen and oxygen atoms in total. The Bertz CT molecular complexity index is 700. The summed E-state index contributed by atoms with van der Waals surface area (Å²) in [6.45, 7) is 1.82. The summed E-state index contributed by atoms with van der Waals surface area (Å²) in [5, 5.41) is 6.21. The van der Waals surface area contributed by atoms with Crippen molar-refractivity contribution in [2.45, 2.75) is 0 Å². The van der Waals surface area contributed by atoms with Crippen LogP contribution in [-0.4, -0.2) is 52.2 Å². The average molecular weight is 343 g/mol. The van der Waals surface area contributed by atoms with Crippen molar-refractivity contribution in [3.63, 3.8) is 0 Å². The summed E-state index contributed by atoms with van der Waals surface area (Å²) in [6, 6.07) is 12.7. The normalized spacial score (nSPS) is 10.4. The third-order valence-electron chi connectivity index (χ3n) is 3.68. The minimum atomic E-state index is -0.200. The predicted molar refractivity (Wildman–Crippen MR) is 101 cm³/mol. The largest absolute Gasteiger partial charge is 0.493 e. The van der Waals surface area contributed by atoms with Gasteiger partial charge in [-0.15, -0.1) is 0 Å². The second-order valence-corrected chi connectivity index (χ2v) is 5.83. The molecular weight excluding hydrogens is 318 g/mol. The second kappa shape index (κ2) is 8.94. The van der Waals surface area contributed by atoms with Gasteiger partial charge in [-0.3, -0.25) is 4.79 Å². The van der Waals surface area contributed by atoms with E-state index in [-0.39, 0.29) is 5.91 Å². The van der Waals surface area contributed by atoms with E-state index < -0.39 is 0 Å². The van der Waals surface area contributed by atoms with Gasteiger partial charge in [0.15, 0.2) is 11.5 Å². The first-order chi connectivity index (χ1) is 12.0. The van der Waals surface area contributed by atoms with Gasteiger partial charge in [-0.1, -0.05) is 0 Å². The van der Waals surface area contributed by atoms with E-state index in [1.54, 1.807) is 32.4 Å². The van der Waals surface area contributed by atoms with E-state index in [0.29, 0.717) is 17.1 Å². The molecule has 25 heavy (non-hydrogen) atoms. The summed E-state index contributed by atoms with van der Waals surface area (Å²) in [5.41, 5.74) is 2.26. The molecule has 0 aliphatic carbocycles. The van der Waals surface area contributed by atoms with E-state index >= 15 is 0 Å². The lowest BCUT2D eigenvalue weighted by atomic mass is 10.1. The third kappa shape index (κ3) is 5.39. The minimum Gasteiger partial charge on any atom is -0.493 e. The molecule has 0 aliphatic heterocycles. The monoisotopic (exact) mass is 343 g/mol. The van der Waals surface area contributed by atoms with Crippen LogP contribution in [0.25, 0.3) is 0 Å². The average Bonchev–Trinajstić information content (AvgIpc) is 2.62. The van der Waals surface area contributed by atoms with Crippen molar-refractivity contribution >= 4 is 17.3 Å². The Morgan fingerprint density at radius 2 is 1.60 bits per heavy atom. The smallest absolute Gasteiger partial charge is 0.255 e. The fourth-order valence-corrected chi connectivity index (χ4v) is 2.28. The van der Waals surface area contributed by atoms with E-state index in [2.05, 4.69) is 15.5 Å². The number of nitrogens with one attached hydrogen (secondary N) is 2. The number of hydrogen-bond acceptors (Lipinski definition) is 5. The molecule has 0 aliphatic rings. The zero-order chi connectivity index (χ0) is 18.2. The molecule has 0 spiro atoms. The number of carbonyl (C=O) groups excluding carboxylic acids is 1. The van der Waals surface area contributed by atoms with E-state index in [1.165, 1.54) is 0 Å². The molecule has 0 fully saturated rings. The summed E-state index contributed by atoms with van der Waals surface area (Å²) >= 11 is 0. The Balaban J connectivity index is 1.98. The zero-order valence-electron chi connectivity index (χ0n) is 15.1. The quantitative estimate of drug-likeness (QED) is 0.772. The van der Waals surface area contributed by atoms with Crippen LogP contribution in [0.5, 0.6) is 11.5 Å². The van der Waals surface area contributed by atoms with Gasteiger partial charge >= 0.3 is 0 Å². The highest BCUT2D eigenvalue weighted by Gasteiger charge is 2.11. The van der Waals surface area contributed by atoms with Crippen LogP contribution in [0.2, 0.25) is 0 Å². The van der Waals surface area contributed by atoms with Gasteiger partial charge in [-0.25, -0.2) is 0 Å². The van der Waals surface area contributed by atoms with E-state index in [4.69, 9.17) is 9.47 Å². The molecule has 0 heterocycles. The molecule has 0 atom stereocenters. The molecule has 0 saturated heterocycles. The number of hydrogen-bond donors (Lipinski definition) is 2. The summed E-state index contributed by atoms with van der Waals surface area (Å²) in [6.07, 6.45) is 0. The van der Waals surface area contributed by atoms with Crippen molar-refractivity contribution in [1.82, 2.24) is 4.90 Å². The number of nitrogens with zero attached hydrogens (tertiary/aromatic N) is 1. The predicted octanol–water partition coefficient (Wildman–Crippen LogP) is 2.93. The van der Waals surface area contributed by atoms with Crippen molar-refractivity contribution in [1.29, 1.82) is 0 Å². The van der Waals surface area contributed by atoms with E-state index in [1.807, 2.05) is 38.4 Å². The van der Waals surface area contributed by atoms with Crippen molar-refractivity contribution in [3.8, 4) is 11.5 Å². The van der Waals surface area contributed by atoms with Crippen LogP contribution in [0.4, 0.5) is 11.4 Å². The van der Waals surface area contributed by atoms with E-state index in [0.717, 1.165) is 24.5 Å². The van der Waals surface area contributed by atoms with Gasteiger partial charge in [-0.05, 0) is 56.6 Å². The van der Waals surface area contributed by atoms with Crippen LogP contribution in [0.1, 0.15) is 10.4 Å². The maximum Gasteiger partial charge on any atom is 0.255 e. The molecular formula is C19H25N3O3. The zero-order valence-corrected chi connectivity index (χ0v) is 15.1. The lowest BCUT2D eigenvalue weighted by Gasteiger charge is -2.12. The fraction of sp³-hybridized carbons (Fsp3) is 0.316. The first-order valence-electron chi connectivity index (χ1n) is 8.05. The van der Waals surface area contributed by atoms with Gasteiger partial charge in [-0.2, -0.15) is 0 Å². The number of benzene rings is 2. The number of ether oxygens (including phenoxy) is 2. The number of carbonyl (C=O) groups is 1. The molecule has 0 saturated carbocycles. The molecule has 2 N–H and O–H groups in total. The van der Waals surface area contributed by atoms with Gasteiger partial charge in [0.1, 0.15) is 0 Å². The highest BCUT2D eigenvalue weighted by Crippen LogP contribution is 2.28. The van der Waals surface area contributed by atoms with Gasteiger partial charge in [0.2, 0.25) is 0 Å². The number of rotatable bonds is 8. The topological polar surface area (TPSA) is 62.8 Å². The number of anilines is 2. The molecule has 0 aromatic heterocycles. The second-order valence-electron chi connectivity index (χ2n) is 5.83. The first kappa shape index (κ1) is 18.6. The van der Waals surface area contributed by atoms with Crippen molar-refractivity contribution < 1.29 is 14.3 Å². The Kier molecular flexibility index (Phi) is 6.65. The summed E-state index contributed by atoms with van der Waals surface area (Å²) in [5.74, 6) is 0.914. The molecule has 134 valence electrons. The maximum absolute atomic E-state index is 12.4. The Morgan fingerprint density at radius 1 is 0.960 bits per heavy atom. The fourth-order valence-electron chi connectivity index (χ4n) is 2.28. The summed E-state index contributed by atoms with van der Waals surface area (Å²) < 4.78 is 10.4. The van der Waals surface area contributed by atoms with Crippen molar-refractivity contribution in [2.75, 3.05) is 52.0 Å².